The predicted molar refractivity (Wildman–Crippen MR) is 68.6 cm³/mol. The van der Waals surface area contributed by atoms with Crippen molar-refractivity contribution in [3.63, 3.8) is 0 Å². The highest BCUT2D eigenvalue weighted by molar-refractivity contribution is 5.75. The van der Waals surface area contributed by atoms with Gasteiger partial charge in [-0.3, -0.25) is 4.79 Å². The highest BCUT2D eigenvalue weighted by atomic mass is 16.1. The highest BCUT2D eigenvalue weighted by Crippen LogP contribution is 2.20. The molecule has 0 aromatic carbocycles. The molecule has 2 heterocycles. The minimum absolute atomic E-state index is 0.00360. The van der Waals surface area contributed by atoms with E-state index in [0.29, 0.717) is 18.8 Å². The fourth-order valence-corrected chi connectivity index (χ4v) is 1.69. The van der Waals surface area contributed by atoms with Gasteiger partial charge in [-0.2, -0.15) is 0 Å². The van der Waals surface area contributed by atoms with E-state index in [1.165, 1.54) is 0 Å². The monoisotopic (exact) mass is 245 g/mol. The Hall–Kier alpha value is -2.37. The number of aryl methyl sites for hydroxylation is 1. The van der Waals surface area contributed by atoms with Gasteiger partial charge in [-0.15, -0.1) is 0 Å². The van der Waals surface area contributed by atoms with E-state index in [0.717, 1.165) is 11.3 Å². The van der Waals surface area contributed by atoms with Gasteiger partial charge >= 0.3 is 0 Å². The molecule has 2 aromatic rings. The van der Waals surface area contributed by atoms with E-state index in [9.17, 15) is 4.79 Å². The van der Waals surface area contributed by atoms with Crippen LogP contribution in [0.1, 0.15) is 6.42 Å². The number of hydrogen-bond donors (Lipinski definition) is 2. The Balaban J connectivity index is 2.20. The third kappa shape index (κ3) is 2.65. The molecule has 0 spiro atoms. The van der Waals surface area contributed by atoms with Gasteiger partial charge in [0, 0.05) is 31.8 Å². The first kappa shape index (κ1) is 12.1. The molecule has 1 amide bonds. The molecule has 6 nitrogen and oxygen atoms in total. The minimum atomic E-state index is 0.00360. The number of imidazole rings is 1. The molecule has 0 aliphatic heterocycles. The van der Waals surface area contributed by atoms with Crippen molar-refractivity contribution in [3.05, 3.63) is 30.9 Å². The summed E-state index contributed by atoms with van der Waals surface area (Å²) in [4.78, 5) is 19.3. The van der Waals surface area contributed by atoms with E-state index in [4.69, 9.17) is 5.73 Å². The minimum Gasteiger partial charge on any atom is -0.384 e. The summed E-state index contributed by atoms with van der Waals surface area (Å²) < 4.78 is 1.92. The molecule has 3 N–H and O–H groups in total. The van der Waals surface area contributed by atoms with Crippen molar-refractivity contribution in [3.8, 4) is 11.3 Å². The molecule has 18 heavy (non-hydrogen) atoms. The molecule has 0 fully saturated rings. The first-order chi connectivity index (χ1) is 8.70. The smallest absolute Gasteiger partial charge is 0.221 e. The van der Waals surface area contributed by atoms with Gasteiger partial charge in [-0.25, -0.2) is 9.97 Å². The van der Waals surface area contributed by atoms with E-state index < -0.39 is 0 Å². The summed E-state index contributed by atoms with van der Waals surface area (Å²) in [7, 11) is 1.63. The van der Waals surface area contributed by atoms with Crippen molar-refractivity contribution >= 4 is 11.7 Å². The largest absolute Gasteiger partial charge is 0.384 e. The van der Waals surface area contributed by atoms with E-state index in [1.807, 2.05) is 10.6 Å². The zero-order valence-electron chi connectivity index (χ0n) is 10.1. The number of hydrogen-bond acceptors (Lipinski definition) is 4. The average molecular weight is 245 g/mol. The van der Waals surface area contributed by atoms with Crippen molar-refractivity contribution in [2.45, 2.75) is 13.0 Å². The van der Waals surface area contributed by atoms with Crippen molar-refractivity contribution in [2.24, 2.45) is 0 Å². The summed E-state index contributed by atoms with van der Waals surface area (Å²) >= 11 is 0. The van der Waals surface area contributed by atoms with Crippen LogP contribution < -0.4 is 11.1 Å². The Bertz CT molecular complexity index is 549. The van der Waals surface area contributed by atoms with Gasteiger partial charge in [0.05, 0.1) is 18.2 Å². The molecule has 2 aromatic heterocycles. The molecule has 0 saturated carbocycles. The Morgan fingerprint density at radius 3 is 3.11 bits per heavy atom. The van der Waals surface area contributed by atoms with Crippen molar-refractivity contribution in [1.29, 1.82) is 0 Å². The number of nitrogens with one attached hydrogen (secondary N) is 1. The van der Waals surface area contributed by atoms with Crippen LogP contribution >= 0.6 is 0 Å². The number of anilines is 1. The number of amides is 1. The summed E-state index contributed by atoms with van der Waals surface area (Å²) in [6, 6.07) is 3.65. The molecule has 0 atom stereocenters. The molecule has 94 valence electrons. The fraction of sp³-hybridized carbons (Fsp3) is 0.250. The third-order valence-corrected chi connectivity index (χ3v) is 2.65. The van der Waals surface area contributed by atoms with Gasteiger partial charge in [0.2, 0.25) is 5.91 Å². The summed E-state index contributed by atoms with van der Waals surface area (Å²) in [6.07, 6.45) is 5.52. The number of aromatic nitrogens is 3. The second kappa shape index (κ2) is 5.31. The Morgan fingerprint density at radius 1 is 1.56 bits per heavy atom. The van der Waals surface area contributed by atoms with Crippen LogP contribution in [-0.4, -0.2) is 27.5 Å². The van der Waals surface area contributed by atoms with E-state index in [2.05, 4.69) is 15.3 Å². The van der Waals surface area contributed by atoms with Gasteiger partial charge in [0.15, 0.2) is 0 Å². The predicted octanol–water partition coefficient (Wildman–Crippen LogP) is 0.663. The number of carbonyl (C=O) groups is 1. The van der Waals surface area contributed by atoms with Crippen molar-refractivity contribution in [1.82, 2.24) is 19.9 Å². The van der Waals surface area contributed by atoms with Gasteiger partial charge in [0.25, 0.3) is 0 Å². The zero-order valence-corrected chi connectivity index (χ0v) is 10.1. The summed E-state index contributed by atoms with van der Waals surface area (Å²) in [5.74, 6) is 0.468. The van der Waals surface area contributed by atoms with Crippen LogP contribution in [0.4, 0.5) is 5.82 Å². The lowest BCUT2D eigenvalue weighted by molar-refractivity contribution is -0.120. The van der Waals surface area contributed by atoms with Crippen LogP contribution in [0.3, 0.4) is 0 Å². The van der Waals surface area contributed by atoms with Crippen LogP contribution in [-0.2, 0) is 11.3 Å². The lowest BCUT2D eigenvalue weighted by Crippen LogP contribution is -2.19. The first-order valence-electron chi connectivity index (χ1n) is 5.63. The van der Waals surface area contributed by atoms with Crippen LogP contribution in [0, 0.1) is 0 Å². The normalized spacial score (nSPS) is 10.3. The lowest BCUT2D eigenvalue weighted by Gasteiger charge is -2.07. The number of carbonyl (C=O) groups excluding carboxylic acids is 1. The number of nitrogens with zero attached hydrogens (tertiary/aromatic N) is 3. The Kier molecular flexibility index (Phi) is 3.57. The van der Waals surface area contributed by atoms with Crippen molar-refractivity contribution in [2.75, 3.05) is 12.8 Å². The molecule has 0 aliphatic carbocycles. The summed E-state index contributed by atoms with van der Waals surface area (Å²) in [6.45, 7) is 0.581. The SMILES string of the molecule is CNC(=O)CCn1cncc1-c1ccnc(N)c1. The Morgan fingerprint density at radius 2 is 2.39 bits per heavy atom. The molecule has 0 unspecified atom stereocenters. The topological polar surface area (TPSA) is 85.8 Å². The average Bonchev–Trinajstić information content (AvgIpc) is 2.84. The van der Waals surface area contributed by atoms with Crippen LogP contribution in [0.25, 0.3) is 11.3 Å². The van der Waals surface area contributed by atoms with Gasteiger partial charge in [-0.05, 0) is 12.1 Å². The molecule has 0 saturated heterocycles. The Labute approximate surface area is 105 Å². The summed E-state index contributed by atoms with van der Waals surface area (Å²) in [5, 5.41) is 2.59. The zero-order chi connectivity index (χ0) is 13.0. The maximum atomic E-state index is 11.2. The van der Waals surface area contributed by atoms with Gasteiger partial charge in [0.1, 0.15) is 5.82 Å². The standard InChI is InChI=1S/C12H15N5O/c1-14-12(18)3-5-17-8-15-7-10(17)9-2-4-16-11(13)6-9/h2,4,6-8H,3,5H2,1H3,(H2,13,16)(H,14,18). The second-order valence-corrected chi connectivity index (χ2v) is 3.86. The molecule has 0 radical (unpaired) electrons. The fourth-order valence-electron chi connectivity index (χ4n) is 1.69. The molecule has 0 aliphatic rings. The first-order valence-corrected chi connectivity index (χ1v) is 5.63. The molecular weight excluding hydrogens is 230 g/mol. The quantitative estimate of drug-likeness (QED) is 0.828. The molecule has 0 bridgehead atoms. The highest BCUT2D eigenvalue weighted by Gasteiger charge is 2.07. The van der Waals surface area contributed by atoms with Crippen molar-refractivity contribution < 1.29 is 4.79 Å². The maximum Gasteiger partial charge on any atom is 0.221 e. The van der Waals surface area contributed by atoms with Gasteiger partial charge < -0.3 is 15.6 Å². The molecular formula is C12H15N5O. The van der Waals surface area contributed by atoms with Crippen LogP contribution in [0.2, 0.25) is 0 Å². The number of rotatable bonds is 4. The maximum absolute atomic E-state index is 11.2. The van der Waals surface area contributed by atoms with Crippen LogP contribution in [0.15, 0.2) is 30.9 Å². The second-order valence-electron chi connectivity index (χ2n) is 3.86. The summed E-state index contributed by atoms with van der Waals surface area (Å²) in [5.41, 5.74) is 7.52. The van der Waals surface area contributed by atoms with E-state index in [-0.39, 0.29) is 5.91 Å². The van der Waals surface area contributed by atoms with Crippen LogP contribution in [0.5, 0.6) is 0 Å². The molecule has 2 rings (SSSR count). The number of pyridine rings is 1. The number of nitrogens with two attached hydrogens (primary N) is 1. The third-order valence-electron chi connectivity index (χ3n) is 2.65. The lowest BCUT2D eigenvalue weighted by atomic mass is 10.2. The van der Waals surface area contributed by atoms with E-state index in [1.54, 1.807) is 31.8 Å². The van der Waals surface area contributed by atoms with E-state index >= 15 is 0 Å². The number of nitrogen functional groups attached to an aromatic ring is 1. The molecule has 6 heteroatoms. The van der Waals surface area contributed by atoms with Gasteiger partial charge in [-0.1, -0.05) is 0 Å².